The summed E-state index contributed by atoms with van der Waals surface area (Å²) in [6, 6.07) is 7.98. The van der Waals surface area contributed by atoms with Gasteiger partial charge in [-0.25, -0.2) is 0 Å². The van der Waals surface area contributed by atoms with Gasteiger partial charge in [-0.1, -0.05) is 28.1 Å². The van der Waals surface area contributed by atoms with Gasteiger partial charge in [0.05, 0.1) is 21.6 Å². The molecule has 0 radical (unpaired) electrons. The highest BCUT2D eigenvalue weighted by Gasteiger charge is 2.15. The van der Waals surface area contributed by atoms with Gasteiger partial charge in [0.2, 0.25) is 0 Å². The highest BCUT2D eigenvalue weighted by molar-refractivity contribution is 9.10. The van der Waals surface area contributed by atoms with Gasteiger partial charge in [0.15, 0.2) is 5.82 Å². The number of benzene rings is 1. The molecule has 6 heteroatoms. The van der Waals surface area contributed by atoms with Crippen molar-refractivity contribution in [1.29, 1.82) is 0 Å². The minimum atomic E-state index is 0.497. The number of aromatic nitrogens is 3. The minimum Gasteiger partial charge on any atom is -0.382 e. The number of aromatic amines is 1. The normalized spacial score (nSPS) is 10.7. The fourth-order valence-corrected chi connectivity index (χ4v) is 2.83. The van der Waals surface area contributed by atoms with Crippen molar-refractivity contribution in [3.8, 4) is 21.7 Å². The zero-order valence-electron chi connectivity index (χ0n) is 9.22. The van der Waals surface area contributed by atoms with Crippen LogP contribution < -0.4 is 5.73 Å². The van der Waals surface area contributed by atoms with Crippen LogP contribution in [0.3, 0.4) is 0 Å². The third-order valence-electron chi connectivity index (χ3n) is 2.59. The minimum absolute atomic E-state index is 0.497. The first-order valence-corrected chi connectivity index (χ1v) is 6.91. The zero-order valence-corrected chi connectivity index (χ0v) is 11.6. The van der Waals surface area contributed by atoms with E-state index in [4.69, 9.17) is 5.73 Å². The van der Waals surface area contributed by atoms with Crippen LogP contribution >= 0.6 is 27.3 Å². The lowest BCUT2D eigenvalue weighted by Gasteiger charge is -2.03. The second-order valence-electron chi connectivity index (χ2n) is 3.73. The number of anilines is 1. The molecule has 0 amide bonds. The Hall–Kier alpha value is -1.66. The second-order valence-corrected chi connectivity index (χ2v) is 5.54. The Balaban J connectivity index is 2.20. The van der Waals surface area contributed by atoms with Gasteiger partial charge >= 0.3 is 0 Å². The lowest BCUT2D eigenvalue weighted by atomic mass is 10.1. The third kappa shape index (κ3) is 1.93. The summed E-state index contributed by atoms with van der Waals surface area (Å²) in [5.74, 6) is 0.497. The molecule has 0 aliphatic carbocycles. The largest absolute Gasteiger partial charge is 0.382 e. The van der Waals surface area contributed by atoms with Crippen LogP contribution in [0.4, 0.5) is 5.82 Å². The van der Waals surface area contributed by atoms with Crippen molar-refractivity contribution in [3.05, 3.63) is 40.4 Å². The summed E-state index contributed by atoms with van der Waals surface area (Å²) in [6.45, 7) is 0. The van der Waals surface area contributed by atoms with Gasteiger partial charge in [0.25, 0.3) is 0 Å². The molecule has 18 heavy (non-hydrogen) atoms. The van der Waals surface area contributed by atoms with Gasteiger partial charge < -0.3 is 5.73 Å². The number of rotatable bonds is 2. The molecular weight excluding hydrogens is 312 g/mol. The standard InChI is InChI=1S/C12H9BrN4S/c13-8-3-1-2-7(4-8)10-11(16-17-12(10)14)9-5-15-6-18-9/h1-6H,(H3,14,16,17). The molecule has 3 rings (SSSR count). The van der Waals surface area contributed by atoms with Crippen molar-refractivity contribution in [2.75, 3.05) is 5.73 Å². The van der Waals surface area contributed by atoms with Crippen molar-refractivity contribution in [1.82, 2.24) is 15.2 Å². The molecule has 2 heterocycles. The lowest BCUT2D eigenvalue weighted by Crippen LogP contribution is -1.88. The van der Waals surface area contributed by atoms with Crippen molar-refractivity contribution < 1.29 is 0 Å². The average Bonchev–Trinajstić information content (AvgIpc) is 2.97. The Morgan fingerprint density at radius 1 is 1.33 bits per heavy atom. The monoisotopic (exact) mass is 320 g/mol. The first-order chi connectivity index (χ1) is 8.75. The highest BCUT2D eigenvalue weighted by atomic mass is 79.9. The maximum Gasteiger partial charge on any atom is 0.153 e. The number of hydrogen-bond donors (Lipinski definition) is 2. The van der Waals surface area contributed by atoms with E-state index in [9.17, 15) is 0 Å². The van der Waals surface area contributed by atoms with Gasteiger partial charge in [-0.3, -0.25) is 10.1 Å². The number of nitrogens with two attached hydrogens (primary N) is 1. The number of thiazole rings is 1. The number of nitrogens with zero attached hydrogens (tertiary/aromatic N) is 2. The molecule has 0 unspecified atom stereocenters. The second kappa shape index (κ2) is 4.55. The molecule has 0 aliphatic rings. The summed E-state index contributed by atoms with van der Waals surface area (Å²) in [5.41, 5.74) is 10.6. The molecule has 90 valence electrons. The van der Waals surface area contributed by atoms with Crippen molar-refractivity contribution in [2.24, 2.45) is 0 Å². The van der Waals surface area contributed by atoms with E-state index in [-0.39, 0.29) is 0 Å². The van der Waals surface area contributed by atoms with Gasteiger partial charge in [-0.15, -0.1) is 11.3 Å². The maximum absolute atomic E-state index is 5.96. The molecule has 0 saturated carbocycles. The van der Waals surface area contributed by atoms with Crippen LogP contribution in [-0.4, -0.2) is 15.2 Å². The van der Waals surface area contributed by atoms with Crippen LogP contribution in [-0.2, 0) is 0 Å². The van der Waals surface area contributed by atoms with E-state index in [1.165, 1.54) is 0 Å². The number of nitrogens with one attached hydrogen (secondary N) is 1. The summed E-state index contributed by atoms with van der Waals surface area (Å²) >= 11 is 5.02. The Kier molecular flexibility index (Phi) is 2.89. The first kappa shape index (κ1) is 11.4. The van der Waals surface area contributed by atoms with E-state index in [0.29, 0.717) is 5.82 Å². The molecule has 3 aromatic rings. The number of hydrogen-bond acceptors (Lipinski definition) is 4. The fourth-order valence-electron chi connectivity index (χ4n) is 1.81. The molecule has 4 nitrogen and oxygen atoms in total. The van der Waals surface area contributed by atoms with Crippen LogP contribution in [0, 0.1) is 0 Å². The summed E-state index contributed by atoms with van der Waals surface area (Å²) < 4.78 is 1.01. The number of H-pyrrole nitrogens is 1. The van der Waals surface area contributed by atoms with Crippen LogP contribution in [0.15, 0.2) is 40.4 Å². The van der Waals surface area contributed by atoms with Crippen LogP contribution in [0.5, 0.6) is 0 Å². The SMILES string of the molecule is Nc1n[nH]c(-c2cncs2)c1-c1cccc(Br)c1. The van der Waals surface area contributed by atoms with Gasteiger partial charge in [-0.2, -0.15) is 5.10 Å². The number of nitrogen functional groups attached to an aromatic ring is 1. The van der Waals surface area contributed by atoms with Crippen molar-refractivity contribution in [2.45, 2.75) is 0 Å². The molecule has 0 spiro atoms. The van der Waals surface area contributed by atoms with Crippen molar-refractivity contribution >= 4 is 33.1 Å². The molecule has 0 saturated heterocycles. The Bertz CT molecular complexity index is 675. The summed E-state index contributed by atoms with van der Waals surface area (Å²) in [7, 11) is 0. The summed E-state index contributed by atoms with van der Waals surface area (Å²) in [5, 5.41) is 7.07. The fraction of sp³-hybridized carbons (Fsp3) is 0. The smallest absolute Gasteiger partial charge is 0.153 e. The molecule has 0 aliphatic heterocycles. The molecule has 2 aromatic heterocycles. The predicted octanol–water partition coefficient (Wildman–Crippen LogP) is 3.54. The van der Waals surface area contributed by atoms with Gasteiger partial charge in [-0.05, 0) is 17.7 Å². The van der Waals surface area contributed by atoms with Crippen molar-refractivity contribution in [3.63, 3.8) is 0 Å². The van der Waals surface area contributed by atoms with Crippen LogP contribution in [0.2, 0.25) is 0 Å². The van der Waals surface area contributed by atoms with E-state index in [1.807, 2.05) is 24.3 Å². The Morgan fingerprint density at radius 3 is 2.94 bits per heavy atom. The highest BCUT2D eigenvalue weighted by Crippen LogP contribution is 2.36. The first-order valence-electron chi connectivity index (χ1n) is 5.24. The molecule has 0 fully saturated rings. The molecule has 1 aromatic carbocycles. The lowest BCUT2D eigenvalue weighted by molar-refractivity contribution is 1.10. The van der Waals surface area contributed by atoms with Crippen LogP contribution in [0.25, 0.3) is 21.7 Å². The Labute approximate surface area is 116 Å². The van der Waals surface area contributed by atoms with Crippen LogP contribution in [0.1, 0.15) is 0 Å². The van der Waals surface area contributed by atoms with E-state index < -0.39 is 0 Å². The molecule has 3 N–H and O–H groups in total. The molecule has 0 atom stereocenters. The summed E-state index contributed by atoms with van der Waals surface area (Å²) in [4.78, 5) is 5.10. The topological polar surface area (TPSA) is 67.6 Å². The van der Waals surface area contributed by atoms with E-state index in [2.05, 4.69) is 31.1 Å². The third-order valence-corrected chi connectivity index (χ3v) is 3.87. The van der Waals surface area contributed by atoms with E-state index >= 15 is 0 Å². The zero-order chi connectivity index (χ0) is 12.5. The van der Waals surface area contributed by atoms with Gasteiger partial charge in [0, 0.05) is 10.7 Å². The summed E-state index contributed by atoms with van der Waals surface area (Å²) in [6.07, 6.45) is 1.80. The predicted molar refractivity (Wildman–Crippen MR) is 77.2 cm³/mol. The molecular formula is C12H9BrN4S. The van der Waals surface area contributed by atoms with Gasteiger partial charge in [0.1, 0.15) is 0 Å². The average molecular weight is 321 g/mol. The number of halogens is 1. The maximum atomic E-state index is 5.96. The molecule has 0 bridgehead atoms. The van der Waals surface area contributed by atoms with E-state index in [1.54, 1.807) is 23.0 Å². The van der Waals surface area contributed by atoms with E-state index in [0.717, 1.165) is 26.2 Å². The quantitative estimate of drug-likeness (QED) is 0.758. The Morgan fingerprint density at radius 2 is 2.22 bits per heavy atom.